The molecule has 0 heterocycles. The number of rotatable bonds is 5. The minimum Gasteiger partial charge on any atom is -0.433 e. The Kier molecular flexibility index (Phi) is 8.01. The number of likely N-dealkylation sites (N-methyl/N-ethyl adjacent to an activating group) is 1. The van der Waals surface area contributed by atoms with Crippen molar-refractivity contribution in [2.75, 3.05) is 19.7 Å². The van der Waals surface area contributed by atoms with Crippen LogP contribution in [0.2, 0.25) is 0 Å². The summed E-state index contributed by atoms with van der Waals surface area (Å²) in [5.74, 6) is 0.492. The third-order valence-corrected chi connectivity index (χ3v) is 3.35. The van der Waals surface area contributed by atoms with Crippen molar-refractivity contribution in [3.8, 4) is 5.75 Å². The maximum Gasteiger partial charge on any atom is 0.513 e. The second-order valence-electron chi connectivity index (χ2n) is 5.21. The SMILES string of the molecule is CCNCCOC(=O)Oc1ccccc1.c1ccc2ccccc2c1. The zero-order valence-corrected chi connectivity index (χ0v) is 14.4. The number of carbonyl (C=O) groups is 1. The van der Waals surface area contributed by atoms with Crippen LogP contribution >= 0.6 is 0 Å². The Labute approximate surface area is 148 Å². The fraction of sp³-hybridized carbons (Fsp3) is 0.190. The van der Waals surface area contributed by atoms with Crippen molar-refractivity contribution in [1.82, 2.24) is 5.32 Å². The van der Waals surface area contributed by atoms with Gasteiger partial charge in [-0.2, -0.15) is 0 Å². The maximum atomic E-state index is 11.1. The highest BCUT2D eigenvalue weighted by molar-refractivity contribution is 5.82. The molecule has 3 aromatic carbocycles. The van der Waals surface area contributed by atoms with Gasteiger partial charge in [-0.1, -0.05) is 73.7 Å². The molecule has 0 fully saturated rings. The van der Waals surface area contributed by atoms with E-state index in [0.29, 0.717) is 18.9 Å². The molecular weight excluding hydrogens is 314 g/mol. The maximum absolute atomic E-state index is 11.1. The first-order chi connectivity index (χ1) is 12.3. The fourth-order valence-electron chi connectivity index (χ4n) is 2.13. The van der Waals surface area contributed by atoms with E-state index in [9.17, 15) is 4.79 Å². The van der Waals surface area contributed by atoms with Crippen LogP contribution in [0.1, 0.15) is 6.92 Å². The summed E-state index contributed by atoms with van der Waals surface area (Å²) in [6.45, 7) is 3.80. The van der Waals surface area contributed by atoms with E-state index in [4.69, 9.17) is 9.47 Å². The molecule has 0 radical (unpaired) electrons. The molecule has 130 valence electrons. The van der Waals surface area contributed by atoms with E-state index in [-0.39, 0.29) is 0 Å². The average molecular weight is 337 g/mol. The van der Waals surface area contributed by atoms with E-state index in [2.05, 4.69) is 53.8 Å². The van der Waals surface area contributed by atoms with Crippen LogP contribution in [0, 0.1) is 0 Å². The van der Waals surface area contributed by atoms with Gasteiger partial charge in [-0.05, 0) is 29.4 Å². The summed E-state index contributed by atoms with van der Waals surface area (Å²) in [5.41, 5.74) is 0. The summed E-state index contributed by atoms with van der Waals surface area (Å²) >= 11 is 0. The van der Waals surface area contributed by atoms with Crippen molar-refractivity contribution >= 4 is 16.9 Å². The Balaban J connectivity index is 0.000000194. The summed E-state index contributed by atoms with van der Waals surface area (Å²) in [5, 5.41) is 5.66. The van der Waals surface area contributed by atoms with Gasteiger partial charge in [-0.15, -0.1) is 0 Å². The van der Waals surface area contributed by atoms with Crippen molar-refractivity contribution in [2.45, 2.75) is 6.92 Å². The second-order valence-corrected chi connectivity index (χ2v) is 5.21. The largest absolute Gasteiger partial charge is 0.513 e. The van der Waals surface area contributed by atoms with Crippen molar-refractivity contribution in [2.24, 2.45) is 0 Å². The molecule has 0 aliphatic heterocycles. The Morgan fingerprint density at radius 1 is 0.840 bits per heavy atom. The lowest BCUT2D eigenvalue weighted by Gasteiger charge is -2.05. The molecule has 0 amide bonds. The number of para-hydroxylation sites is 1. The van der Waals surface area contributed by atoms with Crippen LogP contribution < -0.4 is 10.1 Å². The Morgan fingerprint density at radius 2 is 1.36 bits per heavy atom. The number of benzene rings is 3. The van der Waals surface area contributed by atoms with Gasteiger partial charge in [0, 0.05) is 6.54 Å². The zero-order chi connectivity index (χ0) is 17.7. The van der Waals surface area contributed by atoms with Crippen LogP contribution in [0.3, 0.4) is 0 Å². The topological polar surface area (TPSA) is 47.6 Å². The van der Waals surface area contributed by atoms with Crippen molar-refractivity contribution in [3.63, 3.8) is 0 Å². The van der Waals surface area contributed by atoms with Crippen molar-refractivity contribution < 1.29 is 14.3 Å². The number of ether oxygens (including phenoxy) is 2. The predicted octanol–water partition coefficient (Wildman–Crippen LogP) is 4.65. The van der Waals surface area contributed by atoms with Gasteiger partial charge in [0.05, 0.1) is 0 Å². The lowest BCUT2D eigenvalue weighted by atomic mass is 10.1. The zero-order valence-electron chi connectivity index (χ0n) is 14.4. The molecule has 0 atom stereocenters. The van der Waals surface area contributed by atoms with Crippen LogP contribution in [0.4, 0.5) is 4.79 Å². The minimum absolute atomic E-state index is 0.319. The van der Waals surface area contributed by atoms with E-state index in [0.717, 1.165) is 6.54 Å². The molecular formula is C21H23NO3. The summed E-state index contributed by atoms with van der Waals surface area (Å²) in [6, 6.07) is 25.5. The fourth-order valence-corrected chi connectivity index (χ4v) is 2.13. The molecule has 4 nitrogen and oxygen atoms in total. The lowest BCUT2D eigenvalue weighted by molar-refractivity contribution is 0.0999. The number of nitrogens with one attached hydrogen (secondary N) is 1. The molecule has 25 heavy (non-hydrogen) atoms. The quantitative estimate of drug-likeness (QED) is 0.418. The van der Waals surface area contributed by atoms with Gasteiger partial charge < -0.3 is 14.8 Å². The smallest absolute Gasteiger partial charge is 0.433 e. The first kappa shape index (κ1) is 18.5. The lowest BCUT2D eigenvalue weighted by Crippen LogP contribution is -2.22. The molecule has 4 heteroatoms. The Morgan fingerprint density at radius 3 is 1.88 bits per heavy atom. The number of hydrogen-bond donors (Lipinski definition) is 1. The average Bonchev–Trinajstić information content (AvgIpc) is 2.67. The van der Waals surface area contributed by atoms with Gasteiger partial charge in [0.2, 0.25) is 0 Å². The molecule has 0 saturated carbocycles. The summed E-state index contributed by atoms with van der Waals surface area (Å²) in [4.78, 5) is 11.1. The standard InChI is InChI=1S/C11H15NO3.C10H8/c1-2-12-8-9-14-11(13)15-10-6-4-3-5-7-10;1-2-6-10-8-4-3-7-9(10)5-1/h3-7,12H,2,8-9H2,1H3;1-8H. The van der Waals surface area contributed by atoms with Crippen LogP contribution in [0.15, 0.2) is 78.9 Å². The van der Waals surface area contributed by atoms with Crippen LogP contribution in [0.25, 0.3) is 10.8 Å². The van der Waals surface area contributed by atoms with Gasteiger partial charge in [-0.3, -0.25) is 0 Å². The van der Waals surface area contributed by atoms with Gasteiger partial charge in [0.1, 0.15) is 12.4 Å². The van der Waals surface area contributed by atoms with Gasteiger partial charge in [0.15, 0.2) is 0 Å². The van der Waals surface area contributed by atoms with Crippen LogP contribution in [-0.4, -0.2) is 25.9 Å². The monoisotopic (exact) mass is 337 g/mol. The van der Waals surface area contributed by atoms with Crippen LogP contribution in [-0.2, 0) is 4.74 Å². The third kappa shape index (κ3) is 7.06. The molecule has 3 aromatic rings. The van der Waals surface area contributed by atoms with Crippen molar-refractivity contribution in [1.29, 1.82) is 0 Å². The predicted molar refractivity (Wildman–Crippen MR) is 101 cm³/mol. The summed E-state index contributed by atoms with van der Waals surface area (Å²) in [6.07, 6.45) is -0.667. The molecule has 0 aliphatic rings. The highest BCUT2D eigenvalue weighted by atomic mass is 16.7. The molecule has 0 aromatic heterocycles. The van der Waals surface area contributed by atoms with Gasteiger partial charge >= 0.3 is 6.16 Å². The highest BCUT2D eigenvalue weighted by Crippen LogP contribution is 2.11. The normalized spacial score (nSPS) is 9.80. The van der Waals surface area contributed by atoms with E-state index in [1.54, 1.807) is 24.3 Å². The molecule has 1 N–H and O–H groups in total. The highest BCUT2D eigenvalue weighted by Gasteiger charge is 2.04. The van der Waals surface area contributed by atoms with Crippen molar-refractivity contribution in [3.05, 3.63) is 78.9 Å². The van der Waals surface area contributed by atoms with E-state index >= 15 is 0 Å². The van der Waals surface area contributed by atoms with Gasteiger partial charge in [0.25, 0.3) is 0 Å². The Hall–Kier alpha value is -2.85. The van der Waals surface area contributed by atoms with E-state index in [1.165, 1.54) is 10.8 Å². The summed E-state index contributed by atoms with van der Waals surface area (Å²) < 4.78 is 9.73. The minimum atomic E-state index is -0.667. The second kappa shape index (κ2) is 10.8. The third-order valence-electron chi connectivity index (χ3n) is 3.35. The van der Waals surface area contributed by atoms with Crippen LogP contribution in [0.5, 0.6) is 5.75 Å². The molecule has 0 unspecified atom stereocenters. The molecule has 0 saturated heterocycles. The summed E-state index contributed by atoms with van der Waals surface area (Å²) in [7, 11) is 0. The molecule has 3 rings (SSSR count). The van der Waals surface area contributed by atoms with Gasteiger partial charge in [-0.25, -0.2) is 4.79 Å². The number of carbonyl (C=O) groups excluding carboxylic acids is 1. The number of fused-ring (bicyclic) bond motifs is 1. The first-order valence-electron chi connectivity index (χ1n) is 8.33. The molecule has 0 spiro atoms. The van der Waals surface area contributed by atoms with E-state index in [1.807, 2.05) is 13.0 Å². The van der Waals surface area contributed by atoms with E-state index < -0.39 is 6.16 Å². The first-order valence-corrected chi connectivity index (χ1v) is 8.33. The Bertz CT molecular complexity index is 694. The number of hydrogen-bond acceptors (Lipinski definition) is 4. The molecule has 0 aliphatic carbocycles. The molecule has 0 bridgehead atoms.